The number of aromatic nitrogens is 1. The fourth-order valence-corrected chi connectivity index (χ4v) is 3.04. The van der Waals surface area contributed by atoms with Gasteiger partial charge in [-0.1, -0.05) is 60.1 Å². The molecule has 0 aliphatic heterocycles. The minimum absolute atomic E-state index is 0.184. The Balaban J connectivity index is 1.48. The Labute approximate surface area is 174 Å². The van der Waals surface area contributed by atoms with Crippen molar-refractivity contribution in [2.75, 3.05) is 13.2 Å². The van der Waals surface area contributed by atoms with Crippen molar-refractivity contribution in [3.05, 3.63) is 105 Å². The zero-order valence-electron chi connectivity index (χ0n) is 16.0. The fraction of sp³-hybridized carbons (Fsp3) is 0.217. The summed E-state index contributed by atoms with van der Waals surface area (Å²) in [5.41, 5.74) is 2.19. The van der Waals surface area contributed by atoms with E-state index in [0.29, 0.717) is 43.3 Å². The van der Waals surface area contributed by atoms with Crippen LogP contribution in [0.3, 0.4) is 0 Å². The van der Waals surface area contributed by atoms with E-state index in [9.17, 15) is 9.59 Å². The quantitative estimate of drug-likeness (QED) is 0.544. The summed E-state index contributed by atoms with van der Waals surface area (Å²) in [7, 11) is 0. The lowest BCUT2D eigenvalue weighted by atomic mass is 10.2. The Morgan fingerprint density at radius 3 is 2.55 bits per heavy atom. The van der Waals surface area contributed by atoms with Gasteiger partial charge >= 0.3 is 0 Å². The van der Waals surface area contributed by atoms with Crippen LogP contribution < -0.4 is 10.9 Å². The molecule has 0 saturated heterocycles. The monoisotopic (exact) mass is 410 g/mol. The van der Waals surface area contributed by atoms with Crippen LogP contribution in [-0.4, -0.2) is 23.6 Å². The predicted octanol–water partition coefficient (Wildman–Crippen LogP) is 3.89. The van der Waals surface area contributed by atoms with Gasteiger partial charge in [0, 0.05) is 30.4 Å². The van der Waals surface area contributed by atoms with E-state index in [1.807, 2.05) is 48.5 Å². The Morgan fingerprint density at radius 1 is 1.00 bits per heavy atom. The van der Waals surface area contributed by atoms with E-state index in [1.165, 1.54) is 16.7 Å². The molecule has 6 heteroatoms. The first kappa shape index (κ1) is 20.8. The van der Waals surface area contributed by atoms with Crippen LogP contribution in [0, 0.1) is 0 Å². The molecule has 0 unspecified atom stereocenters. The number of halogens is 1. The van der Waals surface area contributed by atoms with Gasteiger partial charge in [0.25, 0.3) is 11.5 Å². The molecule has 0 radical (unpaired) electrons. The second-order valence-corrected chi connectivity index (χ2v) is 7.03. The number of carbonyl (C=O) groups is 1. The van der Waals surface area contributed by atoms with E-state index >= 15 is 0 Å². The van der Waals surface area contributed by atoms with Crippen LogP contribution in [0.25, 0.3) is 0 Å². The second kappa shape index (κ2) is 10.6. The maximum absolute atomic E-state index is 12.4. The van der Waals surface area contributed by atoms with Gasteiger partial charge in [0.15, 0.2) is 0 Å². The van der Waals surface area contributed by atoms with Crippen LogP contribution in [-0.2, 0) is 17.9 Å². The molecule has 2 aromatic carbocycles. The Kier molecular flexibility index (Phi) is 7.61. The van der Waals surface area contributed by atoms with Gasteiger partial charge in [-0.2, -0.15) is 0 Å². The molecule has 0 fully saturated rings. The van der Waals surface area contributed by atoms with Gasteiger partial charge in [-0.05, 0) is 29.7 Å². The van der Waals surface area contributed by atoms with E-state index in [0.717, 1.165) is 11.1 Å². The molecule has 1 N–H and O–H groups in total. The number of hydrogen-bond acceptors (Lipinski definition) is 3. The number of ether oxygens (including phenoxy) is 1. The van der Waals surface area contributed by atoms with Crippen LogP contribution in [0.2, 0.25) is 5.02 Å². The van der Waals surface area contributed by atoms with Gasteiger partial charge < -0.3 is 14.6 Å². The molecule has 0 spiro atoms. The molecular weight excluding hydrogens is 388 g/mol. The molecule has 0 saturated carbocycles. The van der Waals surface area contributed by atoms with Crippen molar-refractivity contribution in [2.24, 2.45) is 0 Å². The van der Waals surface area contributed by atoms with Crippen molar-refractivity contribution in [1.82, 2.24) is 9.88 Å². The zero-order chi connectivity index (χ0) is 20.5. The van der Waals surface area contributed by atoms with E-state index in [-0.39, 0.29) is 11.5 Å². The van der Waals surface area contributed by atoms with Gasteiger partial charge in [0.05, 0.1) is 18.7 Å². The zero-order valence-corrected chi connectivity index (χ0v) is 16.8. The summed E-state index contributed by atoms with van der Waals surface area (Å²) in [6, 6.07) is 20.2. The standard InChI is InChI=1S/C23H23ClN2O3/c24-21-10-5-4-9-19(21)15-26-16-20(11-12-22(26)27)23(28)25-13-6-14-29-17-18-7-2-1-3-8-18/h1-5,7-12,16H,6,13-15,17H2,(H,25,28). The van der Waals surface area contributed by atoms with Crippen LogP contribution in [0.1, 0.15) is 27.9 Å². The van der Waals surface area contributed by atoms with Crippen molar-refractivity contribution in [2.45, 2.75) is 19.6 Å². The van der Waals surface area contributed by atoms with Crippen LogP contribution >= 0.6 is 11.6 Å². The van der Waals surface area contributed by atoms with Crippen LogP contribution in [0.5, 0.6) is 0 Å². The third-order valence-corrected chi connectivity index (χ3v) is 4.78. The van der Waals surface area contributed by atoms with Gasteiger partial charge in [-0.3, -0.25) is 9.59 Å². The topological polar surface area (TPSA) is 60.3 Å². The first-order chi connectivity index (χ1) is 14.1. The molecule has 5 nitrogen and oxygen atoms in total. The molecular formula is C23H23ClN2O3. The molecule has 3 aromatic rings. The van der Waals surface area contributed by atoms with Crippen molar-refractivity contribution < 1.29 is 9.53 Å². The number of benzene rings is 2. The molecule has 1 heterocycles. The highest BCUT2D eigenvalue weighted by Crippen LogP contribution is 2.15. The predicted molar refractivity (Wildman–Crippen MR) is 114 cm³/mol. The summed E-state index contributed by atoms with van der Waals surface area (Å²) in [5.74, 6) is -0.221. The third kappa shape index (κ3) is 6.31. The number of nitrogens with zero attached hydrogens (tertiary/aromatic N) is 1. The summed E-state index contributed by atoms with van der Waals surface area (Å²) in [5, 5.41) is 3.45. The molecule has 1 amide bonds. The summed E-state index contributed by atoms with van der Waals surface area (Å²) in [4.78, 5) is 24.5. The summed E-state index contributed by atoms with van der Waals surface area (Å²) >= 11 is 6.17. The minimum Gasteiger partial charge on any atom is -0.377 e. The Hall–Kier alpha value is -2.89. The number of rotatable bonds is 9. The summed E-state index contributed by atoms with van der Waals surface area (Å²) in [6.45, 7) is 1.92. The molecule has 0 aliphatic rings. The van der Waals surface area contributed by atoms with E-state index in [2.05, 4.69) is 5.32 Å². The normalized spacial score (nSPS) is 10.7. The fourth-order valence-electron chi connectivity index (χ4n) is 2.84. The maximum Gasteiger partial charge on any atom is 0.252 e. The van der Waals surface area contributed by atoms with Crippen LogP contribution in [0.4, 0.5) is 0 Å². The lowest BCUT2D eigenvalue weighted by molar-refractivity contribution is 0.0933. The molecule has 3 rings (SSSR count). The average Bonchev–Trinajstić information content (AvgIpc) is 2.74. The number of pyridine rings is 1. The average molecular weight is 411 g/mol. The Bertz CT molecular complexity index is 1000. The molecule has 150 valence electrons. The highest BCUT2D eigenvalue weighted by molar-refractivity contribution is 6.31. The van der Waals surface area contributed by atoms with Crippen molar-refractivity contribution >= 4 is 17.5 Å². The largest absolute Gasteiger partial charge is 0.377 e. The van der Waals surface area contributed by atoms with Gasteiger partial charge in [-0.25, -0.2) is 0 Å². The van der Waals surface area contributed by atoms with Gasteiger partial charge in [0.1, 0.15) is 0 Å². The number of carbonyl (C=O) groups excluding carboxylic acids is 1. The Morgan fingerprint density at radius 2 is 1.76 bits per heavy atom. The van der Waals surface area contributed by atoms with Crippen molar-refractivity contribution in [3.8, 4) is 0 Å². The smallest absolute Gasteiger partial charge is 0.252 e. The highest BCUT2D eigenvalue weighted by Gasteiger charge is 2.08. The first-order valence-electron chi connectivity index (χ1n) is 9.47. The third-order valence-electron chi connectivity index (χ3n) is 4.41. The van der Waals surface area contributed by atoms with Crippen molar-refractivity contribution in [1.29, 1.82) is 0 Å². The molecule has 29 heavy (non-hydrogen) atoms. The SMILES string of the molecule is O=C(NCCCOCc1ccccc1)c1ccc(=O)n(Cc2ccccc2Cl)c1. The maximum atomic E-state index is 12.4. The number of hydrogen-bond donors (Lipinski definition) is 1. The van der Waals surface area contributed by atoms with E-state index < -0.39 is 0 Å². The van der Waals surface area contributed by atoms with Gasteiger partial charge in [0.2, 0.25) is 0 Å². The first-order valence-corrected chi connectivity index (χ1v) is 9.85. The molecule has 0 bridgehead atoms. The molecule has 0 aliphatic carbocycles. The summed E-state index contributed by atoms with van der Waals surface area (Å²) in [6.07, 6.45) is 2.27. The lowest BCUT2D eigenvalue weighted by Crippen LogP contribution is -2.28. The summed E-state index contributed by atoms with van der Waals surface area (Å²) < 4.78 is 7.10. The minimum atomic E-state index is -0.221. The van der Waals surface area contributed by atoms with Crippen molar-refractivity contribution in [3.63, 3.8) is 0 Å². The number of amides is 1. The van der Waals surface area contributed by atoms with E-state index in [1.54, 1.807) is 12.3 Å². The van der Waals surface area contributed by atoms with Crippen LogP contribution in [0.15, 0.2) is 77.7 Å². The highest BCUT2D eigenvalue weighted by atomic mass is 35.5. The van der Waals surface area contributed by atoms with E-state index in [4.69, 9.17) is 16.3 Å². The second-order valence-electron chi connectivity index (χ2n) is 6.62. The molecule has 1 aromatic heterocycles. The lowest BCUT2D eigenvalue weighted by Gasteiger charge is -2.10. The van der Waals surface area contributed by atoms with Gasteiger partial charge in [-0.15, -0.1) is 0 Å². The number of nitrogens with one attached hydrogen (secondary N) is 1. The molecule has 0 atom stereocenters.